The van der Waals surface area contributed by atoms with E-state index in [0.717, 1.165) is 12.1 Å². The topological polar surface area (TPSA) is 84.5 Å². The fourth-order valence-electron chi connectivity index (χ4n) is 2.43. The van der Waals surface area contributed by atoms with Crippen LogP contribution in [0.25, 0.3) is 0 Å². The number of anilines is 1. The standard InChI is InChI=1S/C19H21F3N2O4S/c1-13(10-11-28-2)23-18(25)14-6-8-17(9-7-14)29(26,27)24-16-5-3-4-15(12-16)19(20,21)22/h3-9,12-13,24H,10-11H2,1-2H3,(H,23,25). The van der Waals surface area contributed by atoms with Gasteiger partial charge >= 0.3 is 6.18 Å². The molecule has 0 saturated carbocycles. The van der Waals surface area contributed by atoms with Gasteiger partial charge in [0.25, 0.3) is 15.9 Å². The highest BCUT2D eigenvalue weighted by Crippen LogP contribution is 2.31. The van der Waals surface area contributed by atoms with E-state index in [1.165, 1.54) is 30.3 Å². The first-order valence-electron chi connectivity index (χ1n) is 8.63. The molecule has 0 radical (unpaired) electrons. The summed E-state index contributed by atoms with van der Waals surface area (Å²) in [6.07, 6.45) is -3.97. The van der Waals surface area contributed by atoms with Gasteiger partial charge in [0, 0.05) is 31.0 Å². The fourth-order valence-corrected chi connectivity index (χ4v) is 3.48. The van der Waals surface area contributed by atoms with E-state index in [2.05, 4.69) is 10.0 Å². The van der Waals surface area contributed by atoms with Crippen LogP contribution in [-0.2, 0) is 20.9 Å². The van der Waals surface area contributed by atoms with Gasteiger partial charge in [-0.3, -0.25) is 9.52 Å². The second-order valence-electron chi connectivity index (χ2n) is 6.36. The summed E-state index contributed by atoms with van der Waals surface area (Å²) in [6.45, 7) is 2.30. The molecule has 2 aromatic carbocycles. The zero-order valence-corrected chi connectivity index (χ0v) is 16.6. The first-order chi connectivity index (χ1) is 13.5. The lowest BCUT2D eigenvalue weighted by Crippen LogP contribution is -2.33. The summed E-state index contributed by atoms with van der Waals surface area (Å²) in [5.74, 6) is -0.372. The first-order valence-corrected chi connectivity index (χ1v) is 10.1. The van der Waals surface area contributed by atoms with Gasteiger partial charge < -0.3 is 10.1 Å². The minimum Gasteiger partial charge on any atom is -0.385 e. The number of hydrogen-bond donors (Lipinski definition) is 2. The van der Waals surface area contributed by atoms with Crippen molar-refractivity contribution in [2.24, 2.45) is 0 Å². The molecular formula is C19H21F3N2O4S. The SMILES string of the molecule is COCCC(C)NC(=O)c1ccc(S(=O)(=O)Nc2cccc(C(F)(F)F)c2)cc1. The third-order valence-electron chi connectivity index (χ3n) is 4.00. The lowest BCUT2D eigenvalue weighted by Gasteiger charge is -2.14. The molecule has 0 heterocycles. The van der Waals surface area contributed by atoms with E-state index < -0.39 is 21.8 Å². The summed E-state index contributed by atoms with van der Waals surface area (Å²) in [5.41, 5.74) is -0.923. The van der Waals surface area contributed by atoms with Crippen LogP contribution < -0.4 is 10.0 Å². The summed E-state index contributed by atoms with van der Waals surface area (Å²) in [7, 11) is -2.56. The maximum Gasteiger partial charge on any atom is 0.416 e. The fraction of sp³-hybridized carbons (Fsp3) is 0.316. The first kappa shape index (κ1) is 22.7. The molecule has 2 rings (SSSR count). The van der Waals surface area contributed by atoms with Gasteiger partial charge in [-0.1, -0.05) is 6.07 Å². The molecule has 0 aliphatic carbocycles. The second-order valence-corrected chi connectivity index (χ2v) is 8.05. The van der Waals surface area contributed by atoms with Crippen LogP contribution in [0.3, 0.4) is 0 Å². The molecule has 1 unspecified atom stereocenters. The van der Waals surface area contributed by atoms with E-state index in [0.29, 0.717) is 19.1 Å². The quantitative estimate of drug-likeness (QED) is 0.670. The van der Waals surface area contributed by atoms with E-state index in [1.54, 1.807) is 7.11 Å². The van der Waals surface area contributed by atoms with Gasteiger partial charge in [-0.05, 0) is 55.8 Å². The maximum atomic E-state index is 12.8. The van der Waals surface area contributed by atoms with Crippen molar-refractivity contribution in [2.75, 3.05) is 18.4 Å². The van der Waals surface area contributed by atoms with Crippen LogP contribution in [0.4, 0.5) is 18.9 Å². The zero-order valence-electron chi connectivity index (χ0n) is 15.8. The molecule has 0 aromatic heterocycles. The van der Waals surface area contributed by atoms with Crippen LogP contribution in [0.2, 0.25) is 0 Å². The van der Waals surface area contributed by atoms with Crippen LogP contribution in [0.1, 0.15) is 29.3 Å². The Hall–Kier alpha value is -2.59. The highest BCUT2D eigenvalue weighted by Gasteiger charge is 2.30. The number of carbonyl (C=O) groups is 1. The van der Waals surface area contributed by atoms with E-state index in [1.807, 2.05) is 6.92 Å². The van der Waals surface area contributed by atoms with Crippen LogP contribution in [-0.4, -0.2) is 34.1 Å². The summed E-state index contributed by atoms with van der Waals surface area (Å²) >= 11 is 0. The third-order valence-corrected chi connectivity index (χ3v) is 5.40. The minimum absolute atomic E-state index is 0.131. The number of benzene rings is 2. The van der Waals surface area contributed by atoms with Crippen molar-refractivity contribution in [2.45, 2.75) is 30.5 Å². The van der Waals surface area contributed by atoms with Crippen LogP contribution in [0.5, 0.6) is 0 Å². The molecule has 1 amide bonds. The molecule has 0 aliphatic heterocycles. The summed E-state index contributed by atoms with van der Waals surface area (Å²) < 4.78 is 70.3. The molecule has 2 aromatic rings. The van der Waals surface area contributed by atoms with Gasteiger partial charge in [0.15, 0.2) is 0 Å². The number of sulfonamides is 1. The normalized spacial score (nSPS) is 13.0. The molecule has 0 bridgehead atoms. The van der Waals surface area contributed by atoms with Gasteiger partial charge in [0.1, 0.15) is 0 Å². The molecule has 0 spiro atoms. The lowest BCUT2D eigenvalue weighted by atomic mass is 10.2. The Morgan fingerprint density at radius 3 is 2.38 bits per heavy atom. The largest absolute Gasteiger partial charge is 0.416 e. The molecule has 6 nitrogen and oxygen atoms in total. The van der Waals surface area contributed by atoms with E-state index >= 15 is 0 Å². The summed E-state index contributed by atoms with van der Waals surface area (Å²) in [6, 6.07) is 8.84. The van der Waals surface area contributed by atoms with Gasteiger partial charge in [-0.2, -0.15) is 13.2 Å². The highest BCUT2D eigenvalue weighted by molar-refractivity contribution is 7.92. The molecule has 158 valence electrons. The van der Waals surface area contributed by atoms with Crippen LogP contribution in [0, 0.1) is 0 Å². The molecule has 10 heteroatoms. The molecule has 2 N–H and O–H groups in total. The molecule has 1 atom stereocenters. The molecule has 29 heavy (non-hydrogen) atoms. The van der Waals surface area contributed by atoms with Crippen molar-refractivity contribution in [1.29, 1.82) is 0 Å². The second kappa shape index (κ2) is 9.27. The van der Waals surface area contributed by atoms with Crippen LogP contribution >= 0.6 is 0 Å². The predicted octanol–water partition coefficient (Wildman–Crippen LogP) is 3.66. The molecule has 0 aliphatic rings. The Kier molecular flexibility index (Phi) is 7.26. The van der Waals surface area contributed by atoms with Crippen molar-refractivity contribution in [3.05, 3.63) is 59.7 Å². The predicted molar refractivity (Wildman–Crippen MR) is 102 cm³/mol. The van der Waals surface area contributed by atoms with Gasteiger partial charge in [0.05, 0.1) is 10.5 Å². The Balaban J connectivity index is 2.11. The van der Waals surface area contributed by atoms with E-state index in [9.17, 15) is 26.4 Å². The number of rotatable bonds is 8. The molecular weight excluding hydrogens is 409 g/mol. The average Bonchev–Trinajstić information content (AvgIpc) is 2.65. The number of amides is 1. The smallest absolute Gasteiger partial charge is 0.385 e. The van der Waals surface area contributed by atoms with E-state index in [4.69, 9.17) is 4.74 Å². The molecule has 0 fully saturated rings. The van der Waals surface area contributed by atoms with Gasteiger partial charge in [-0.15, -0.1) is 0 Å². The number of hydrogen-bond acceptors (Lipinski definition) is 4. The minimum atomic E-state index is -4.59. The third kappa shape index (κ3) is 6.47. The number of methoxy groups -OCH3 is 1. The Morgan fingerprint density at radius 2 is 1.79 bits per heavy atom. The van der Waals surface area contributed by atoms with Crippen molar-refractivity contribution in [1.82, 2.24) is 5.32 Å². The maximum absolute atomic E-state index is 12.8. The zero-order chi connectivity index (χ0) is 21.7. The Labute approximate surface area is 167 Å². The van der Waals surface area contributed by atoms with Gasteiger partial charge in [-0.25, -0.2) is 8.42 Å². The monoisotopic (exact) mass is 430 g/mol. The number of alkyl halides is 3. The summed E-state index contributed by atoms with van der Waals surface area (Å²) in [5, 5.41) is 2.76. The lowest BCUT2D eigenvalue weighted by molar-refractivity contribution is -0.137. The van der Waals surface area contributed by atoms with Crippen molar-refractivity contribution in [3.8, 4) is 0 Å². The Morgan fingerprint density at radius 1 is 1.14 bits per heavy atom. The Bertz CT molecular complexity index is 945. The number of halogens is 3. The van der Waals surface area contributed by atoms with Crippen molar-refractivity contribution in [3.63, 3.8) is 0 Å². The van der Waals surface area contributed by atoms with E-state index in [-0.39, 0.29) is 28.1 Å². The van der Waals surface area contributed by atoms with Crippen molar-refractivity contribution >= 4 is 21.6 Å². The highest BCUT2D eigenvalue weighted by atomic mass is 32.2. The molecule has 0 saturated heterocycles. The summed E-state index contributed by atoms with van der Waals surface area (Å²) in [4.78, 5) is 12.0. The number of carbonyl (C=O) groups excluding carboxylic acids is 1. The van der Waals surface area contributed by atoms with Crippen molar-refractivity contribution < 1.29 is 31.1 Å². The average molecular weight is 430 g/mol. The number of ether oxygens (including phenoxy) is 1. The van der Waals surface area contributed by atoms with Gasteiger partial charge in [0.2, 0.25) is 0 Å². The number of nitrogens with one attached hydrogen (secondary N) is 2. The van der Waals surface area contributed by atoms with Crippen LogP contribution in [0.15, 0.2) is 53.4 Å².